The Morgan fingerprint density at radius 1 is 1.38 bits per heavy atom. The molecule has 24 heavy (non-hydrogen) atoms. The number of rotatable bonds is 3. The van der Waals surface area contributed by atoms with Gasteiger partial charge in [0.25, 0.3) is 5.91 Å². The van der Waals surface area contributed by atoms with E-state index in [2.05, 4.69) is 4.98 Å². The number of carbonyl (C=O) groups is 1. The highest BCUT2D eigenvalue weighted by molar-refractivity contribution is 5.98. The number of hydrogen-bond acceptors (Lipinski definition) is 4. The zero-order chi connectivity index (χ0) is 17.3. The Hall–Kier alpha value is -1.98. The highest BCUT2D eigenvalue weighted by Crippen LogP contribution is 2.24. The van der Waals surface area contributed by atoms with Gasteiger partial charge in [-0.2, -0.15) is 0 Å². The monoisotopic (exact) mass is 328 g/mol. The van der Waals surface area contributed by atoms with Crippen molar-refractivity contribution in [3.63, 3.8) is 0 Å². The summed E-state index contributed by atoms with van der Waals surface area (Å²) in [6, 6.07) is 9.64. The molecule has 0 spiro atoms. The third-order valence-electron chi connectivity index (χ3n) is 4.20. The van der Waals surface area contributed by atoms with Gasteiger partial charge in [-0.1, -0.05) is 6.07 Å². The summed E-state index contributed by atoms with van der Waals surface area (Å²) in [6.45, 7) is 7.55. The lowest BCUT2D eigenvalue weighted by Gasteiger charge is -2.42. The van der Waals surface area contributed by atoms with Crippen molar-refractivity contribution in [1.82, 2.24) is 9.88 Å². The van der Waals surface area contributed by atoms with Crippen LogP contribution in [-0.2, 0) is 9.47 Å². The van der Waals surface area contributed by atoms with Crippen LogP contribution in [0.4, 0.5) is 0 Å². The number of aromatic nitrogens is 1. The number of hydrogen-bond donors (Lipinski definition) is 0. The Kier molecular flexibility index (Phi) is 4.56. The number of benzene rings is 1. The van der Waals surface area contributed by atoms with Crippen molar-refractivity contribution in [2.45, 2.75) is 32.5 Å². The topological polar surface area (TPSA) is 51.7 Å². The van der Waals surface area contributed by atoms with Crippen LogP contribution in [0.2, 0.25) is 0 Å². The largest absolute Gasteiger partial charge is 0.382 e. The van der Waals surface area contributed by atoms with Gasteiger partial charge in [-0.25, -0.2) is 0 Å². The van der Waals surface area contributed by atoms with Crippen LogP contribution in [0.15, 0.2) is 30.3 Å². The zero-order valence-corrected chi connectivity index (χ0v) is 14.7. The summed E-state index contributed by atoms with van der Waals surface area (Å²) in [5.41, 5.74) is 2.18. The third-order valence-corrected chi connectivity index (χ3v) is 4.20. The molecule has 1 aliphatic rings. The predicted molar refractivity (Wildman–Crippen MR) is 93.2 cm³/mol. The second kappa shape index (κ2) is 6.49. The lowest BCUT2D eigenvalue weighted by Crippen LogP contribution is -2.55. The van der Waals surface area contributed by atoms with E-state index >= 15 is 0 Å². The zero-order valence-electron chi connectivity index (χ0n) is 14.7. The summed E-state index contributed by atoms with van der Waals surface area (Å²) < 4.78 is 11.2. The number of ether oxygens (including phenoxy) is 2. The van der Waals surface area contributed by atoms with Crippen LogP contribution in [0.25, 0.3) is 10.9 Å². The first-order chi connectivity index (χ1) is 11.4. The molecule has 1 saturated heterocycles. The minimum absolute atomic E-state index is 0.0231. The Balaban J connectivity index is 1.86. The van der Waals surface area contributed by atoms with Gasteiger partial charge in [0.2, 0.25) is 0 Å². The van der Waals surface area contributed by atoms with Crippen molar-refractivity contribution in [1.29, 1.82) is 0 Å². The molecule has 1 aliphatic heterocycles. The lowest BCUT2D eigenvalue weighted by atomic mass is 10.0. The first-order valence-electron chi connectivity index (χ1n) is 8.21. The molecule has 0 aliphatic carbocycles. The van der Waals surface area contributed by atoms with Gasteiger partial charge in [0.1, 0.15) is 0 Å². The van der Waals surface area contributed by atoms with Crippen molar-refractivity contribution in [2.24, 2.45) is 0 Å². The van der Waals surface area contributed by atoms with E-state index in [1.807, 2.05) is 56.0 Å². The summed E-state index contributed by atoms with van der Waals surface area (Å²) in [5, 5.41) is 0.979. The van der Waals surface area contributed by atoms with Gasteiger partial charge in [-0.15, -0.1) is 0 Å². The number of pyridine rings is 1. The maximum Gasteiger partial charge on any atom is 0.254 e. The van der Waals surface area contributed by atoms with Gasteiger partial charge in [0.15, 0.2) is 0 Å². The fourth-order valence-corrected chi connectivity index (χ4v) is 3.27. The highest BCUT2D eigenvalue weighted by atomic mass is 16.5. The number of amides is 1. The minimum Gasteiger partial charge on any atom is -0.382 e. The van der Waals surface area contributed by atoms with E-state index in [0.29, 0.717) is 25.3 Å². The van der Waals surface area contributed by atoms with Gasteiger partial charge in [-0.3, -0.25) is 9.78 Å². The summed E-state index contributed by atoms with van der Waals surface area (Å²) in [4.78, 5) is 19.3. The molecule has 5 heteroatoms. The standard InChI is InChI=1S/C19H24N2O3/c1-13-5-6-14-9-15(7-8-17(14)20-13)18(22)21-10-16(11-23-4)24-19(2,3)12-21/h5-9,16H,10-12H2,1-4H3/t16-/m0/s1. The molecule has 1 fully saturated rings. The first-order valence-corrected chi connectivity index (χ1v) is 8.21. The molecule has 0 saturated carbocycles. The number of carbonyl (C=O) groups excluding carboxylic acids is 1. The first kappa shape index (κ1) is 16.9. The molecule has 2 heterocycles. The fourth-order valence-electron chi connectivity index (χ4n) is 3.27. The van der Waals surface area contributed by atoms with Gasteiger partial charge < -0.3 is 14.4 Å². The van der Waals surface area contributed by atoms with Crippen LogP contribution in [0.3, 0.4) is 0 Å². The van der Waals surface area contributed by atoms with Crippen molar-refractivity contribution in [3.05, 3.63) is 41.6 Å². The van der Waals surface area contributed by atoms with Gasteiger partial charge in [0.05, 0.1) is 23.8 Å². The molecule has 128 valence electrons. The molecule has 1 aromatic carbocycles. The van der Waals surface area contributed by atoms with Crippen LogP contribution < -0.4 is 0 Å². The molecule has 0 bridgehead atoms. The molecule has 0 unspecified atom stereocenters. The van der Waals surface area contributed by atoms with Crippen molar-refractivity contribution < 1.29 is 14.3 Å². The molecule has 0 radical (unpaired) electrons. The third kappa shape index (κ3) is 3.57. The van der Waals surface area contributed by atoms with Crippen LogP contribution >= 0.6 is 0 Å². The van der Waals surface area contributed by atoms with Crippen LogP contribution in [0, 0.1) is 6.92 Å². The minimum atomic E-state index is -0.382. The molecular weight excluding hydrogens is 304 g/mol. The SMILES string of the molecule is COC[C@@H]1CN(C(=O)c2ccc3nc(C)ccc3c2)CC(C)(C)O1. The number of nitrogens with zero attached hydrogens (tertiary/aromatic N) is 2. The lowest BCUT2D eigenvalue weighted by molar-refractivity contribution is -0.143. The summed E-state index contributed by atoms with van der Waals surface area (Å²) >= 11 is 0. The molecule has 0 N–H and O–H groups in total. The smallest absolute Gasteiger partial charge is 0.254 e. The van der Waals surface area contributed by atoms with Gasteiger partial charge >= 0.3 is 0 Å². The average Bonchev–Trinajstić information content (AvgIpc) is 2.52. The van der Waals surface area contributed by atoms with E-state index in [9.17, 15) is 4.79 Å². The van der Waals surface area contributed by atoms with Crippen molar-refractivity contribution >= 4 is 16.8 Å². The van der Waals surface area contributed by atoms with E-state index in [4.69, 9.17) is 9.47 Å². The number of fused-ring (bicyclic) bond motifs is 1. The predicted octanol–water partition coefficient (Wildman–Crippen LogP) is 2.81. The van der Waals surface area contributed by atoms with Crippen LogP contribution in [-0.4, -0.2) is 54.3 Å². The van der Waals surface area contributed by atoms with E-state index < -0.39 is 0 Å². The van der Waals surface area contributed by atoms with Crippen LogP contribution in [0.1, 0.15) is 29.9 Å². The van der Waals surface area contributed by atoms with Crippen molar-refractivity contribution in [3.8, 4) is 0 Å². The molecule has 1 atom stereocenters. The van der Waals surface area contributed by atoms with Gasteiger partial charge in [-0.05, 0) is 45.0 Å². The van der Waals surface area contributed by atoms with Crippen LogP contribution in [0.5, 0.6) is 0 Å². The summed E-state index contributed by atoms with van der Waals surface area (Å²) in [5.74, 6) is 0.0231. The molecule has 1 aromatic heterocycles. The molecule has 2 aromatic rings. The molecule has 1 amide bonds. The molecular formula is C19H24N2O3. The molecule has 3 rings (SSSR count). The number of morpholine rings is 1. The Morgan fingerprint density at radius 3 is 2.92 bits per heavy atom. The fraction of sp³-hybridized carbons (Fsp3) is 0.474. The number of methoxy groups -OCH3 is 1. The second-order valence-electron chi connectivity index (χ2n) is 7.00. The second-order valence-corrected chi connectivity index (χ2v) is 7.00. The van der Waals surface area contributed by atoms with E-state index in [1.165, 1.54) is 0 Å². The summed E-state index contributed by atoms with van der Waals surface area (Å²) in [7, 11) is 1.65. The van der Waals surface area contributed by atoms with Gasteiger partial charge in [0, 0.05) is 36.8 Å². The van der Waals surface area contributed by atoms with E-state index in [0.717, 1.165) is 16.6 Å². The maximum absolute atomic E-state index is 13.0. The Morgan fingerprint density at radius 2 is 2.17 bits per heavy atom. The average molecular weight is 328 g/mol. The Bertz CT molecular complexity index is 757. The summed E-state index contributed by atoms with van der Waals surface area (Å²) in [6.07, 6.45) is -0.104. The van der Waals surface area contributed by atoms with Crippen molar-refractivity contribution in [2.75, 3.05) is 26.8 Å². The van der Waals surface area contributed by atoms with E-state index in [-0.39, 0.29) is 17.6 Å². The quantitative estimate of drug-likeness (QED) is 0.869. The number of aryl methyl sites for hydroxylation is 1. The highest BCUT2D eigenvalue weighted by Gasteiger charge is 2.35. The Labute approximate surface area is 142 Å². The molecule has 5 nitrogen and oxygen atoms in total. The normalized spacial score (nSPS) is 20.3. The maximum atomic E-state index is 13.0. The van der Waals surface area contributed by atoms with E-state index in [1.54, 1.807) is 7.11 Å².